The highest BCUT2D eigenvalue weighted by atomic mass is 32.1. The number of nitrogens with one attached hydrogen (secondary N) is 1. The number of rotatable bonds is 2. The van der Waals surface area contributed by atoms with Crippen LogP contribution in [0.25, 0.3) is 21.0 Å². The minimum absolute atomic E-state index is 0.00557. The van der Waals surface area contributed by atoms with Crippen LogP contribution in [0.5, 0.6) is 0 Å². The Morgan fingerprint density at radius 3 is 2.92 bits per heavy atom. The van der Waals surface area contributed by atoms with Crippen molar-refractivity contribution in [3.05, 3.63) is 36.1 Å². The van der Waals surface area contributed by atoms with Crippen molar-refractivity contribution in [2.24, 2.45) is 5.92 Å². The van der Waals surface area contributed by atoms with Crippen molar-refractivity contribution in [2.75, 3.05) is 18.4 Å². The zero-order chi connectivity index (χ0) is 17.6. The predicted octanol–water partition coefficient (Wildman–Crippen LogP) is 3.40. The molecule has 5 nitrogen and oxygen atoms in total. The molecule has 1 N–H and O–H groups in total. The van der Waals surface area contributed by atoms with Gasteiger partial charge in [-0.1, -0.05) is 17.4 Å². The van der Waals surface area contributed by atoms with E-state index in [-0.39, 0.29) is 23.5 Å². The van der Waals surface area contributed by atoms with Gasteiger partial charge in [0, 0.05) is 25.4 Å². The number of anilines is 1. The Bertz CT molecular complexity index is 1000. The molecule has 1 aliphatic rings. The largest absolute Gasteiger partial charge is 0.342 e. The minimum atomic E-state index is -0.277. The van der Waals surface area contributed by atoms with Crippen LogP contribution in [0.2, 0.25) is 0 Å². The lowest BCUT2D eigenvalue weighted by Crippen LogP contribution is -2.29. The number of aromatic nitrogens is 1. The second-order valence-electron chi connectivity index (χ2n) is 6.24. The lowest BCUT2D eigenvalue weighted by molar-refractivity contribution is -0.128. The topological polar surface area (TPSA) is 62.3 Å². The molecule has 128 valence electrons. The van der Waals surface area contributed by atoms with Gasteiger partial charge in [-0.25, -0.2) is 9.37 Å². The van der Waals surface area contributed by atoms with E-state index < -0.39 is 0 Å². The van der Waals surface area contributed by atoms with Crippen LogP contribution < -0.4 is 5.32 Å². The molecule has 25 heavy (non-hydrogen) atoms. The predicted molar refractivity (Wildman–Crippen MR) is 96.1 cm³/mol. The molecule has 0 radical (unpaired) electrons. The number of fused-ring (bicyclic) bond motifs is 3. The molecule has 1 saturated heterocycles. The fraction of sp³-hybridized carbons (Fsp3) is 0.278. The van der Waals surface area contributed by atoms with E-state index >= 15 is 0 Å². The smallest absolute Gasteiger partial charge is 0.231 e. The van der Waals surface area contributed by atoms with E-state index in [1.165, 1.54) is 30.4 Å². The number of likely N-dealkylation sites (tertiary alicyclic amines) is 1. The summed E-state index contributed by atoms with van der Waals surface area (Å²) in [6.07, 6.45) is 0.665. The highest BCUT2D eigenvalue weighted by Crippen LogP contribution is 2.33. The fourth-order valence-electron chi connectivity index (χ4n) is 3.21. The van der Waals surface area contributed by atoms with E-state index in [1.54, 1.807) is 11.0 Å². The van der Waals surface area contributed by atoms with E-state index in [2.05, 4.69) is 10.3 Å². The molecule has 2 aromatic carbocycles. The quantitative estimate of drug-likeness (QED) is 0.765. The number of thiazole rings is 1. The molecular weight excluding hydrogens is 341 g/mol. The monoisotopic (exact) mass is 357 g/mol. The molecule has 0 saturated carbocycles. The Balaban J connectivity index is 1.59. The maximum absolute atomic E-state index is 13.4. The summed E-state index contributed by atoms with van der Waals surface area (Å²) in [7, 11) is 0. The molecule has 0 unspecified atom stereocenters. The van der Waals surface area contributed by atoms with E-state index in [9.17, 15) is 14.0 Å². The van der Waals surface area contributed by atoms with Crippen molar-refractivity contribution in [2.45, 2.75) is 13.3 Å². The van der Waals surface area contributed by atoms with Crippen molar-refractivity contribution in [1.29, 1.82) is 0 Å². The Hall–Kier alpha value is -2.54. The van der Waals surface area contributed by atoms with Gasteiger partial charge in [-0.2, -0.15) is 0 Å². The third-order valence-electron chi connectivity index (χ3n) is 4.57. The second-order valence-corrected chi connectivity index (χ2v) is 7.24. The first-order valence-corrected chi connectivity index (χ1v) is 8.88. The highest BCUT2D eigenvalue weighted by Gasteiger charge is 2.30. The molecule has 7 heteroatoms. The number of halogens is 1. The van der Waals surface area contributed by atoms with Crippen molar-refractivity contribution in [3.8, 4) is 0 Å². The Morgan fingerprint density at radius 2 is 2.16 bits per heavy atom. The number of carbonyl (C=O) groups is 2. The van der Waals surface area contributed by atoms with E-state index in [0.29, 0.717) is 24.6 Å². The standard InChI is InChI=1S/C18H16FN3O2S/c1-10(23)22-7-6-12(9-22)17(24)21-18-20-15-5-2-11-8-13(19)3-4-14(11)16(15)25-18/h2-5,8,12H,6-7,9H2,1H3,(H,20,21,24)/t12-/m0/s1. The molecule has 4 rings (SSSR count). The summed E-state index contributed by atoms with van der Waals surface area (Å²) in [6.45, 7) is 2.58. The SMILES string of the molecule is CC(=O)N1CC[C@H](C(=O)Nc2nc3ccc4cc(F)ccc4c3s2)C1. The molecule has 0 spiro atoms. The van der Waals surface area contributed by atoms with Crippen LogP contribution in [-0.2, 0) is 9.59 Å². The molecular formula is C18H16FN3O2S. The zero-order valence-electron chi connectivity index (χ0n) is 13.6. The maximum Gasteiger partial charge on any atom is 0.231 e. The second kappa shape index (κ2) is 6.07. The van der Waals surface area contributed by atoms with Gasteiger partial charge >= 0.3 is 0 Å². The highest BCUT2D eigenvalue weighted by molar-refractivity contribution is 7.23. The first-order chi connectivity index (χ1) is 12.0. The lowest BCUT2D eigenvalue weighted by Gasteiger charge is -2.13. The van der Waals surface area contributed by atoms with Crippen molar-refractivity contribution >= 4 is 49.3 Å². The third kappa shape index (κ3) is 2.95. The van der Waals surface area contributed by atoms with Crippen molar-refractivity contribution in [3.63, 3.8) is 0 Å². The van der Waals surface area contributed by atoms with Gasteiger partial charge in [0.15, 0.2) is 5.13 Å². The van der Waals surface area contributed by atoms with Gasteiger partial charge in [0.2, 0.25) is 11.8 Å². The molecule has 1 atom stereocenters. The summed E-state index contributed by atoms with van der Waals surface area (Å²) in [4.78, 5) is 30.0. The molecule has 1 aromatic heterocycles. The summed E-state index contributed by atoms with van der Waals surface area (Å²) in [5.74, 6) is -0.602. The average Bonchev–Trinajstić information content (AvgIpc) is 3.21. The van der Waals surface area contributed by atoms with E-state index in [1.807, 2.05) is 12.1 Å². The molecule has 1 aliphatic heterocycles. The van der Waals surface area contributed by atoms with Gasteiger partial charge in [0.1, 0.15) is 5.82 Å². The van der Waals surface area contributed by atoms with Gasteiger partial charge < -0.3 is 10.2 Å². The summed E-state index contributed by atoms with van der Waals surface area (Å²) in [5, 5.41) is 5.12. The number of carbonyl (C=O) groups excluding carboxylic acids is 2. The molecule has 2 heterocycles. The maximum atomic E-state index is 13.4. The summed E-state index contributed by atoms with van der Waals surface area (Å²) < 4.78 is 14.3. The summed E-state index contributed by atoms with van der Waals surface area (Å²) in [5.41, 5.74) is 0.774. The number of amides is 2. The third-order valence-corrected chi connectivity index (χ3v) is 5.59. The van der Waals surface area contributed by atoms with Crippen LogP contribution in [0.4, 0.5) is 9.52 Å². The van der Waals surface area contributed by atoms with Gasteiger partial charge in [-0.05, 0) is 36.1 Å². The molecule has 3 aromatic rings. The van der Waals surface area contributed by atoms with Crippen LogP contribution in [0.15, 0.2) is 30.3 Å². The number of nitrogens with zero attached hydrogens (tertiary/aromatic N) is 2. The molecule has 2 amide bonds. The Morgan fingerprint density at radius 1 is 1.32 bits per heavy atom. The van der Waals surface area contributed by atoms with E-state index in [4.69, 9.17) is 0 Å². The van der Waals surface area contributed by atoms with Crippen LogP contribution in [0.1, 0.15) is 13.3 Å². The van der Waals surface area contributed by atoms with Gasteiger partial charge in [0.25, 0.3) is 0 Å². The molecule has 0 aliphatic carbocycles. The average molecular weight is 357 g/mol. The van der Waals surface area contributed by atoms with Crippen molar-refractivity contribution < 1.29 is 14.0 Å². The van der Waals surface area contributed by atoms with E-state index in [0.717, 1.165) is 21.0 Å². The number of hydrogen-bond donors (Lipinski definition) is 1. The molecule has 1 fully saturated rings. The first-order valence-electron chi connectivity index (χ1n) is 8.06. The number of benzene rings is 2. The normalized spacial score (nSPS) is 17.4. The van der Waals surface area contributed by atoms with Gasteiger partial charge in [0.05, 0.1) is 16.1 Å². The number of hydrogen-bond acceptors (Lipinski definition) is 4. The minimum Gasteiger partial charge on any atom is -0.342 e. The first kappa shape index (κ1) is 16.0. The van der Waals surface area contributed by atoms with Crippen molar-refractivity contribution in [1.82, 2.24) is 9.88 Å². The zero-order valence-corrected chi connectivity index (χ0v) is 14.4. The van der Waals surface area contributed by atoms with Crippen LogP contribution >= 0.6 is 11.3 Å². The Labute approximate surface area is 147 Å². The van der Waals surface area contributed by atoms with Crippen LogP contribution in [0.3, 0.4) is 0 Å². The molecule has 0 bridgehead atoms. The summed E-state index contributed by atoms with van der Waals surface area (Å²) >= 11 is 1.38. The van der Waals surface area contributed by atoms with Gasteiger partial charge in [-0.3, -0.25) is 9.59 Å². The fourth-order valence-corrected chi connectivity index (χ4v) is 4.21. The van der Waals surface area contributed by atoms with Crippen LogP contribution in [0, 0.1) is 11.7 Å². The van der Waals surface area contributed by atoms with Crippen LogP contribution in [-0.4, -0.2) is 34.8 Å². The summed E-state index contributed by atoms with van der Waals surface area (Å²) in [6, 6.07) is 8.30. The van der Waals surface area contributed by atoms with Gasteiger partial charge in [-0.15, -0.1) is 0 Å². The Kier molecular flexibility index (Phi) is 3.88. The lowest BCUT2D eigenvalue weighted by atomic mass is 10.1.